The van der Waals surface area contributed by atoms with Crippen molar-refractivity contribution in [2.45, 2.75) is 13.5 Å². The van der Waals surface area contributed by atoms with Crippen LogP contribution >= 0.6 is 46.0 Å². The standard InChI is InChI=1S/C18H17ClINO2S/c1-2-22-16-10-13(18-21-7-8-24-18)9-15(20)17(16)23-11-12-3-5-14(19)6-4-12/h3-6,9-10H,2,7-8,11H2,1H3. The van der Waals surface area contributed by atoms with Crippen molar-refractivity contribution in [1.29, 1.82) is 0 Å². The number of benzene rings is 2. The average Bonchev–Trinajstić information content (AvgIpc) is 3.10. The van der Waals surface area contributed by atoms with E-state index in [1.807, 2.05) is 37.3 Å². The summed E-state index contributed by atoms with van der Waals surface area (Å²) < 4.78 is 12.9. The summed E-state index contributed by atoms with van der Waals surface area (Å²) in [5, 5.41) is 1.81. The van der Waals surface area contributed by atoms with E-state index in [0.717, 1.165) is 48.6 Å². The third kappa shape index (κ3) is 4.37. The van der Waals surface area contributed by atoms with Crippen LogP contribution in [0.4, 0.5) is 0 Å². The molecule has 0 N–H and O–H groups in total. The van der Waals surface area contributed by atoms with Crippen molar-refractivity contribution in [3.8, 4) is 11.5 Å². The largest absolute Gasteiger partial charge is 0.490 e. The van der Waals surface area contributed by atoms with Crippen LogP contribution in [-0.2, 0) is 6.61 Å². The fourth-order valence-electron chi connectivity index (χ4n) is 2.34. The summed E-state index contributed by atoms with van der Waals surface area (Å²) in [6, 6.07) is 11.8. The zero-order chi connectivity index (χ0) is 16.9. The number of rotatable bonds is 6. The number of thioether (sulfide) groups is 1. The van der Waals surface area contributed by atoms with Gasteiger partial charge in [-0.2, -0.15) is 0 Å². The molecule has 0 saturated carbocycles. The van der Waals surface area contributed by atoms with E-state index in [-0.39, 0.29) is 0 Å². The first-order chi connectivity index (χ1) is 11.7. The molecule has 0 unspecified atom stereocenters. The molecule has 1 heterocycles. The van der Waals surface area contributed by atoms with Gasteiger partial charge in [-0.05, 0) is 59.3 Å². The van der Waals surface area contributed by atoms with E-state index < -0.39 is 0 Å². The Bertz CT molecular complexity index is 749. The van der Waals surface area contributed by atoms with Crippen molar-refractivity contribution in [1.82, 2.24) is 0 Å². The van der Waals surface area contributed by atoms with Crippen LogP contribution < -0.4 is 9.47 Å². The summed E-state index contributed by atoms with van der Waals surface area (Å²) >= 11 is 10.0. The molecule has 0 aliphatic carbocycles. The highest BCUT2D eigenvalue weighted by Gasteiger charge is 2.17. The van der Waals surface area contributed by atoms with E-state index in [1.54, 1.807) is 11.8 Å². The van der Waals surface area contributed by atoms with Gasteiger partial charge in [-0.25, -0.2) is 0 Å². The molecule has 0 spiro atoms. The average molecular weight is 474 g/mol. The maximum absolute atomic E-state index is 6.04. The van der Waals surface area contributed by atoms with Gasteiger partial charge in [0.1, 0.15) is 6.61 Å². The Morgan fingerprint density at radius 3 is 2.67 bits per heavy atom. The summed E-state index contributed by atoms with van der Waals surface area (Å²) in [6.45, 7) is 3.93. The Morgan fingerprint density at radius 2 is 2.00 bits per heavy atom. The number of ether oxygens (including phenoxy) is 2. The highest BCUT2D eigenvalue weighted by molar-refractivity contribution is 14.1. The quantitative estimate of drug-likeness (QED) is 0.525. The Balaban J connectivity index is 1.84. The van der Waals surface area contributed by atoms with Crippen LogP contribution in [0.1, 0.15) is 18.1 Å². The Kier molecular flexibility index (Phi) is 6.30. The van der Waals surface area contributed by atoms with Crippen molar-refractivity contribution < 1.29 is 9.47 Å². The van der Waals surface area contributed by atoms with E-state index in [4.69, 9.17) is 21.1 Å². The highest BCUT2D eigenvalue weighted by atomic mass is 127. The third-order valence-electron chi connectivity index (χ3n) is 3.44. The van der Waals surface area contributed by atoms with Crippen LogP contribution in [0, 0.1) is 3.57 Å². The summed E-state index contributed by atoms with van der Waals surface area (Å²) in [7, 11) is 0. The molecule has 6 heteroatoms. The maximum atomic E-state index is 6.04. The molecule has 0 radical (unpaired) electrons. The van der Waals surface area contributed by atoms with E-state index in [9.17, 15) is 0 Å². The molecule has 0 bridgehead atoms. The fourth-order valence-corrected chi connectivity index (χ4v) is 4.07. The van der Waals surface area contributed by atoms with Gasteiger partial charge in [-0.15, -0.1) is 11.8 Å². The minimum atomic E-state index is 0.474. The molecule has 1 aliphatic rings. The van der Waals surface area contributed by atoms with Crippen molar-refractivity contribution in [3.05, 3.63) is 56.1 Å². The number of halogens is 2. The lowest BCUT2D eigenvalue weighted by atomic mass is 10.2. The van der Waals surface area contributed by atoms with Crippen molar-refractivity contribution in [2.75, 3.05) is 18.9 Å². The molecular weight excluding hydrogens is 457 g/mol. The Hall–Kier alpha value is -0.920. The molecule has 0 saturated heterocycles. The number of nitrogens with zero attached hydrogens (tertiary/aromatic N) is 1. The molecular formula is C18H17ClINO2S. The lowest BCUT2D eigenvalue weighted by Gasteiger charge is -2.15. The lowest BCUT2D eigenvalue weighted by molar-refractivity contribution is 0.267. The Morgan fingerprint density at radius 1 is 1.21 bits per heavy atom. The van der Waals surface area contributed by atoms with Gasteiger partial charge in [0.2, 0.25) is 0 Å². The second kappa shape index (κ2) is 8.45. The molecule has 126 valence electrons. The van der Waals surface area contributed by atoms with Gasteiger partial charge >= 0.3 is 0 Å². The predicted molar refractivity (Wildman–Crippen MR) is 110 cm³/mol. The normalized spacial score (nSPS) is 13.7. The summed E-state index contributed by atoms with van der Waals surface area (Å²) in [5.41, 5.74) is 2.17. The van der Waals surface area contributed by atoms with Crippen LogP contribution in [-0.4, -0.2) is 23.9 Å². The van der Waals surface area contributed by atoms with Gasteiger partial charge in [-0.1, -0.05) is 23.7 Å². The van der Waals surface area contributed by atoms with E-state index >= 15 is 0 Å². The van der Waals surface area contributed by atoms with Crippen molar-refractivity contribution >= 4 is 51.0 Å². The molecule has 1 aliphatic heterocycles. The molecule has 0 aromatic heterocycles. The van der Waals surface area contributed by atoms with Gasteiger partial charge in [0.25, 0.3) is 0 Å². The number of aliphatic imine (C=N–C) groups is 1. The summed E-state index contributed by atoms with van der Waals surface area (Å²) in [4.78, 5) is 4.55. The zero-order valence-corrected chi connectivity index (χ0v) is 17.0. The SMILES string of the molecule is CCOc1cc(C2=NCCS2)cc(I)c1OCc1ccc(Cl)cc1. The molecule has 3 rings (SSSR count). The molecule has 0 atom stereocenters. The first-order valence-corrected chi connectivity index (χ1v) is 10.1. The van der Waals surface area contributed by atoms with Gasteiger partial charge in [-0.3, -0.25) is 4.99 Å². The zero-order valence-electron chi connectivity index (χ0n) is 13.2. The smallest absolute Gasteiger partial charge is 0.175 e. The molecule has 2 aromatic rings. The second-order valence-corrected chi connectivity index (χ2v) is 7.85. The maximum Gasteiger partial charge on any atom is 0.175 e. The van der Waals surface area contributed by atoms with Gasteiger partial charge in [0, 0.05) is 22.9 Å². The molecule has 0 amide bonds. The third-order valence-corrected chi connectivity index (χ3v) is 5.52. The van der Waals surface area contributed by atoms with Crippen LogP contribution in [0.25, 0.3) is 0 Å². The summed E-state index contributed by atoms with van der Waals surface area (Å²) in [5.74, 6) is 2.59. The van der Waals surface area contributed by atoms with Crippen LogP contribution in [0.15, 0.2) is 41.4 Å². The molecule has 2 aromatic carbocycles. The van der Waals surface area contributed by atoms with Gasteiger partial charge in [0.15, 0.2) is 11.5 Å². The van der Waals surface area contributed by atoms with E-state index in [2.05, 4.69) is 33.6 Å². The molecule has 0 fully saturated rings. The Labute approximate surface area is 164 Å². The van der Waals surface area contributed by atoms with Crippen molar-refractivity contribution in [3.63, 3.8) is 0 Å². The van der Waals surface area contributed by atoms with Crippen LogP contribution in [0.2, 0.25) is 5.02 Å². The number of hydrogen-bond acceptors (Lipinski definition) is 4. The van der Waals surface area contributed by atoms with Gasteiger partial charge < -0.3 is 9.47 Å². The molecule has 3 nitrogen and oxygen atoms in total. The minimum Gasteiger partial charge on any atom is -0.490 e. The topological polar surface area (TPSA) is 30.8 Å². The van der Waals surface area contributed by atoms with Crippen LogP contribution in [0.5, 0.6) is 11.5 Å². The minimum absolute atomic E-state index is 0.474. The first-order valence-electron chi connectivity index (χ1n) is 7.68. The molecule has 24 heavy (non-hydrogen) atoms. The number of hydrogen-bond donors (Lipinski definition) is 0. The lowest BCUT2D eigenvalue weighted by Crippen LogP contribution is -2.04. The van der Waals surface area contributed by atoms with Crippen LogP contribution in [0.3, 0.4) is 0 Å². The van der Waals surface area contributed by atoms with E-state index in [0.29, 0.717) is 13.2 Å². The second-order valence-electron chi connectivity index (χ2n) is 5.17. The summed E-state index contributed by atoms with van der Waals surface area (Å²) in [6.07, 6.45) is 0. The van der Waals surface area contributed by atoms with E-state index in [1.165, 1.54) is 0 Å². The van der Waals surface area contributed by atoms with Gasteiger partial charge in [0.05, 0.1) is 15.2 Å². The predicted octanol–water partition coefficient (Wildman–Crippen LogP) is 5.42. The van der Waals surface area contributed by atoms with Crippen molar-refractivity contribution in [2.24, 2.45) is 4.99 Å². The highest BCUT2D eigenvalue weighted by Crippen LogP contribution is 2.36. The first kappa shape index (κ1) is 17.9. The fraction of sp³-hybridized carbons (Fsp3) is 0.278. The monoisotopic (exact) mass is 473 g/mol.